The van der Waals surface area contributed by atoms with Crippen molar-refractivity contribution >= 4 is 23.2 Å². The number of nitro benzene ring substituents is 1. The molecule has 126 valence electrons. The third kappa shape index (κ3) is 4.31. The maximum absolute atomic E-state index is 12.3. The van der Waals surface area contributed by atoms with Gasteiger partial charge in [-0.15, -0.1) is 0 Å². The number of nitrogens with one attached hydrogen (secondary N) is 1. The summed E-state index contributed by atoms with van der Waals surface area (Å²) in [6.07, 6.45) is 0. The van der Waals surface area contributed by atoms with Gasteiger partial charge >= 0.3 is 0 Å². The van der Waals surface area contributed by atoms with Gasteiger partial charge in [-0.2, -0.15) is 0 Å². The van der Waals surface area contributed by atoms with Crippen molar-refractivity contribution in [2.75, 3.05) is 20.6 Å². The number of carbonyl (C=O) groups excluding carboxylic acids is 1. The predicted octanol–water partition coefficient (Wildman–Crippen LogP) is 3.28. The summed E-state index contributed by atoms with van der Waals surface area (Å²) in [7, 11) is 3.79. The number of nitrogens with zero attached hydrogens (tertiary/aromatic N) is 2. The van der Waals surface area contributed by atoms with Gasteiger partial charge in [0.15, 0.2) is 0 Å². The zero-order valence-electron chi connectivity index (χ0n) is 13.4. The van der Waals surface area contributed by atoms with Crippen molar-refractivity contribution in [3.8, 4) is 0 Å². The summed E-state index contributed by atoms with van der Waals surface area (Å²) in [6.45, 7) is 0.332. The maximum Gasteiger partial charge on any atom is 0.270 e. The lowest BCUT2D eigenvalue weighted by Crippen LogP contribution is -2.34. The van der Waals surface area contributed by atoms with E-state index in [1.54, 1.807) is 12.1 Å². The summed E-state index contributed by atoms with van der Waals surface area (Å²) in [5, 5.41) is 14.2. The molecule has 1 atom stereocenters. The lowest BCUT2D eigenvalue weighted by molar-refractivity contribution is -0.384. The lowest BCUT2D eigenvalue weighted by Gasteiger charge is -2.26. The van der Waals surface area contributed by atoms with E-state index in [2.05, 4.69) is 5.32 Å². The van der Waals surface area contributed by atoms with Crippen molar-refractivity contribution < 1.29 is 9.72 Å². The Morgan fingerprint density at radius 2 is 1.96 bits per heavy atom. The number of amides is 1. The monoisotopic (exact) mass is 347 g/mol. The first-order valence-electron chi connectivity index (χ1n) is 7.33. The second kappa shape index (κ2) is 7.90. The van der Waals surface area contributed by atoms with Gasteiger partial charge in [0.1, 0.15) is 0 Å². The van der Waals surface area contributed by atoms with Crippen molar-refractivity contribution in [2.45, 2.75) is 6.04 Å². The summed E-state index contributed by atoms with van der Waals surface area (Å²) in [4.78, 5) is 24.5. The zero-order chi connectivity index (χ0) is 17.7. The summed E-state index contributed by atoms with van der Waals surface area (Å²) >= 11 is 6.24. The van der Waals surface area contributed by atoms with Gasteiger partial charge in [0, 0.05) is 29.3 Å². The molecule has 6 nitrogen and oxygen atoms in total. The minimum Gasteiger partial charge on any atom is -0.350 e. The summed E-state index contributed by atoms with van der Waals surface area (Å²) in [5.41, 5.74) is 1.04. The van der Waals surface area contributed by atoms with Gasteiger partial charge < -0.3 is 10.2 Å². The number of likely N-dealkylation sites (N-methyl/N-ethyl adjacent to an activating group) is 1. The summed E-state index contributed by atoms with van der Waals surface area (Å²) < 4.78 is 0. The molecule has 1 amide bonds. The summed E-state index contributed by atoms with van der Waals surface area (Å²) in [6, 6.07) is 13.0. The predicted molar refractivity (Wildman–Crippen MR) is 93.3 cm³/mol. The topological polar surface area (TPSA) is 75.5 Å². The first kappa shape index (κ1) is 17.9. The molecule has 2 aromatic rings. The quantitative estimate of drug-likeness (QED) is 0.642. The molecular weight excluding hydrogens is 330 g/mol. The second-order valence-electron chi connectivity index (χ2n) is 5.52. The van der Waals surface area contributed by atoms with Gasteiger partial charge in [0.05, 0.1) is 11.0 Å². The number of halogens is 1. The number of non-ortho nitro benzene ring substituents is 1. The lowest BCUT2D eigenvalue weighted by atomic mass is 10.1. The van der Waals surface area contributed by atoms with Crippen LogP contribution in [-0.2, 0) is 0 Å². The van der Waals surface area contributed by atoms with E-state index >= 15 is 0 Å². The van der Waals surface area contributed by atoms with Crippen molar-refractivity contribution in [1.29, 1.82) is 0 Å². The van der Waals surface area contributed by atoms with Crippen molar-refractivity contribution in [1.82, 2.24) is 10.2 Å². The highest BCUT2D eigenvalue weighted by molar-refractivity contribution is 6.31. The molecule has 0 fully saturated rings. The van der Waals surface area contributed by atoms with Crippen LogP contribution in [-0.4, -0.2) is 36.4 Å². The second-order valence-corrected chi connectivity index (χ2v) is 5.93. The molecule has 0 spiro atoms. The molecular formula is C17H18ClN3O3. The van der Waals surface area contributed by atoms with E-state index in [0.29, 0.717) is 11.6 Å². The Balaban J connectivity index is 2.12. The van der Waals surface area contributed by atoms with Gasteiger partial charge in [0.2, 0.25) is 0 Å². The van der Waals surface area contributed by atoms with Gasteiger partial charge in [-0.1, -0.05) is 35.9 Å². The maximum atomic E-state index is 12.3. The van der Waals surface area contributed by atoms with Crippen LogP contribution in [0.1, 0.15) is 22.0 Å². The van der Waals surface area contributed by atoms with Crippen LogP contribution in [0.4, 0.5) is 5.69 Å². The molecule has 7 heteroatoms. The molecule has 2 rings (SSSR count). The normalized spacial score (nSPS) is 12.0. The highest BCUT2D eigenvalue weighted by atomic mass is 35.5. The summed E-state index contributed by atoms with van der Waals surface area (Å²) in [5.74, 6) is -0.363. The van der Waals surface area contributed by atoms with Crippen LogP contribution in [0.5, 0.6) is 0 Å². The molecule has 0 heterocycles. The molecule has 0 saturated carbocycles. The van der Waals surface area contributed by atoms with Gasteiger partial charge in [0.25, 0.3) is 11.6 Å². The van der Waals surface area contributed by atoms with Gasteiger partial charge in [-0.05, 0) is 31.8 Å². The molecule has 1 unspecified atom stereocenters. The van der Waals surface area contributed by atoms with Gasteiger partial charge in [-0.3, -0.25) is 14.9 Å². The van der Waals surface area contributed by atoms with Crippen LogP contribution < -0.4 is 5.32 Å². The van der Waals surface area contributed by atoms with E-state index in [1.807, 2.05) is 37.2 Å². The Hall–Kier alpha value is -2.44. The minimum absolute atomic E-state index is 0.110. The fourth-order valence-corrected chi connectivity index (χ4v) is 2.63. The molecule has 0 aromatic heterocycles. The number of carbonyl (C=O) groups is 1. The minimum atomic E-state index is -0.525. The molecule has 2 aromatic carbocycles. The smallest absolute Gasteiger partial charge is 0.270 e. The number of benzene rings is 2. The molecule has 0 saturated heterocycles. The Morgan fingerprint density at radius 1 is 1.25 bits per heavy atom. The zero-order valence-corrected chi connectivity index (χ0v) is 14.2. The average Bonchev–Trinajstić information content (AvgIpc) is 2.56. The number of hydrogen-bond acceptors (Lipinski definition) is 4. The molecule has 0 aliphatic carbocycles. The first-order chi connectivity index (χ1) is 11.4. The Morgan fingerprint density at radius 3 is 2.58 bits per heavy atom. The van der Waals surface area contributed by atoms with E-state index in [-0.39, 0.29) is 23.2 Å². The van der Waals surface area contributed by atoms with Crippen LogP contribution in [0.3, 0.4) is 0 Å². The Kier molecular flexibility index (Phi) is 5.89. The standard InChI is InChI=1S/C17H18ClN3O3/c1-20(2)16(14-8-3-4-9-15(14)18)11-19-17(22)12-6-5-7-13(10-12)21(23)24/h3-10,16H,11H2,1-2H3,(H,19,22). The van der Waals surface area contributed by atoms with Gasteiger partial charge in [-0.25, -0.2) is 0 Å². The molecule has 0 radical (unpaired) electrons. The Bertz CT molecular complexity index is 749. The largest absolute Gasteiger partial charge is 0.350 e. The third-order valence-corrected chi connectivity index (χ3v) is 4.01. The SMILES string of the molecule is CN(C)C(CNC(=O)c1cccc([N+](=O)[O-])c1)c1ccccc1Cl. The molecule has 0 aliphatic rings. The average molecular weight is 348 g/mol. The fraction of sp³-hybridized carbons (Fsp3) is 0.235. The van der Waals surface area contributed by atoms with Crippen LogP contribution >= 0.6 is 11.6 Å². The van der Waals surface area contributed by atoms with Crippen molar-refractivity contribution in [3.63, 3.8) is 0 Å². The van der Waals surface area contributed by atoms with E-state index in [9.17, 15) is 14.9 Å². The number of hydrogen-bond donors (Lipinski definition) is 1. The number of rotatable bonds is 6. The van der Waals surface area contributed by atoms with Crippen LogP contribution in [0.15, 0.2) is 48.5 Å². The number of nitro groups is 1. The van der Waals surface area contributed by atoms with E-state index in [1.165, 1.54) is 18.2 Å². The Labute approximate surface area is 145 Å². The van der Waals surface area contributed by atoms with E-state index in [4.69, 9.17) is 11.6 Å². The first-order valence-corrected chi connectivity index (χ1v) is 7.71. The van der Waals surface area contributed by atoms with E-state index in [0.717, 1.165) is 5.56 Å². The molecule has 0 aliphatic heterocycles. The van der Waals surface area contributed by atoms with Crippen LogP contribution in [0, 0.1) is 10.1 Å². The molecule has 24 heavy (non-hydrogen) atoms. The van der Waals surface area contributed by atoms with Crippen molar-refractivity contribution in [2.24, 2.45) is 0 Å². The highest BCUT2D eigenvalue weighted by Crippen LogP contribution is 2.25. The van der Waals surface area contributed by atoms with E-state index < -0.39 is 4.92 Å². The van der Waals surface area contributed by atoms with Crippen molar-refractivity contribution in [3.05, 3.63) is 74.8 Å². The van der Waals surface area contributed by atoms with Crippen LogP contribution in [0.2, 0.25) is 5.02 Å². The third-order valence-electron chi connectivity index (χ3n) is 3.66. The fourth-order valence-electron chi connectivity index (χ4n) is 2.37. The van der Waals surface area contributed by atoms with Crippen LogP contribution in [0.25, 0.3) is 0 Å². The molecule has 0 bridgehead atoms. The highest BCUT2D eigenvalue weighted by Gasteiger charge is 2.19. The molecule has 1 N–H and O–H groups in total.